The number of alkyl halides is 3. The molecular weight excluding hydrogens is 235 g/mol. The first-order chi connectivity index (χ1) is 7.42. The Morgan fingerprint density at radius 1 is 1.31 bits per heavy atom. The van der Waals surface area contributed by atoms with Gasteiger partial charge in [0.05, 0.1) is 6.42 Å². The third-order valence-corrected chi connectivity index (χ3v) is 2.84. The Labute approximate surface area is 97.4 Å². The highest BCUT2D eigenvalue weighted by Gasteiger charge is 2.30. The predicted molar refractivity (Wildman–Crippen MR) is 62.0 cm³/mol. The number of nitrogens with one attached hydrogen (secondary N) is 1. The average molecular weight is 249 g/mol. The van der Waals surface area contributed by atoms with Crippen molar-refractivity contribution in [2.45, 2.75) is 30.5 Å². The van der Waals surface area contributed by atoms with Gasteiger partial charge in [-0.3, -0.25) is 0 Å². The number of halogens is 3. The summed E-state index contributed by atoms with van der Waals surface area (Å²) in [6, 6.07) is 6.73. The van der Waals surface area contributed by atoms with Crippen LogP contribution < -0.4 is 5.32 Å². The molecule has 0 radical (unpaired) electrons. The number of hydrogen-bond donors (Lipinski definition) is 1. The molecule has 0 bridgehead atoms. The number of hydrogen-bond acceptors (Lipinski definition) is 2. The molecule has 0 amide bonds. The van der Waals surface area contributed by atoms with Crippen LogP contribution in [-0.2, 0) is 0 Å². The zero-order chi connectivity index (χ0) is 12.2. The largest absolute Gasteiger partial charge is 0.391 e. The van der Waals surface area contributed by atoms with Crippen LogP contribution >= 0.6 is 11.8 Å². The van der Waals surface area contributed by atoms with E-state index in [1.54, 1.807) is 6.07 Å². The fourth-order valence-electron chi connectivity index (χ4n) is 1.43. The van der Waals surface area contributed by atoms with Gasteiger partial charge in [-0.05, 0) is 25.3 Å². The molecule has 16 heavy (non-hydrogen) atoms. The van der Waals surface area contributed by atoms with Gasteiger partial charge in [0.1, 0.15) is 0 Å². The summed E-state index contributed by atoms with van der Waals surface area (Å²) >= 11 is 1.51. The Balaban J connectivity index is 2.65. The zero-order valence-electron chi connectivity index (χ0n) is 9.14. The van der Waals surface area contributed by atoms with Crippen molar-refractivity contribution in [3.8, 4) is 0 Å². The van der Waals surface area contributed by atoms with Gasteiger partial charge in [0.2, 0.25) is 0 Å². The van der Waals surface area contributed by atoms with E-state index in [0.717, 1.165) is 10.6 Å². The van der Waals surface area contributed by atoms with Crippen molar-refractivity contribution in [2.24, 2.45) is 0 Å². The molecule has 1 aromatic rings. The molecule has 0 aliphatic rings. The van der Waals surface area contributed by atoms with Gasteiger partial charge < -0.3 is 5.32 Å². The van der Waals surface area contributed by atoms with Crippen LogP contribution in [0.25, 0.3) is 0 Å². The summed E-state index contributed by atoms with van der Waals surface area (Å²) in [4.78, 5) is 0.955. The molecule has 5 heteroatoms. The number of thioether (sulfide) groups is 1. The van der Waals surface area contributed by atoms with E-state index in [-0.39, 0.29) is 0 Å². The van der Waals surface area contributed by atoms with Crippen molar-refractivity contribution in [1.29, 1.82) is 0 Å². The van der Waals surface area contributed by atoms with E-state index >= 15 is 0 Å². The summed E-state index contributed by atoms with van der Waals surface area (Å²) in [7, 11) is 0. The monoisotopic (exact) mass is 249 g/mol. The Morgan fingerprint density at radius 3 is 2.50 bits per heavy atom. The van der Waals surface area contributed by atoms with Crippen LogP contribution in [0.1, 0.15) is 13.3 Å². The SMILES string of the molecule is CSc1ccccc1NC(C)CC(F)(F)F. The first-order valence-electron chi connectivity index (χ1n) is 4.88. The van der Waals surface area contributed by atoms with Gasteiger partial charge >= 0.3 is 6.18 Å². The van der Waals surface area contributed by atoms with Gasteiger partial charge in [0, 0.05) is 16.6 Å². The maximum absolute atomic E-state index is 12.1. The van der Waals surface area contributed by atoms with Crippen molar-refractivity contribution in [3.63, 3.8) is 0 Å². The number of anilines is 1. The molecule has 1 unspecified atom stereocenters. The van der Waals surface area contributed by atoms with Crippen LogP contribution in [0.2, 0.25) is 0 Å². The summed E-state index contributed by atoms with van der Waals surface area (Å²) in [5.74, 6) is 0. The van der Waals surface area contributed by atoms with Crippen molar-refractivity contribution in [2.75, 3.05) is 11.6 Å². The molecule has 0 heterocycles. The molecule has 0 fully saturated rings. The van der Waals surface area contributed by atoms with Crippen molar-refractivity contribution in [3.05, 3.63) is 24.3 Å². The molecule has 0 spiro atoms. The summed E-state index contributed by atoms with van der Waals surface area (Å²) in [6.07, 6.45) is -3.05. The Morgan fingerprint density at radius 2 is 1.94 bits per heavy atom. The van der Waals surface area contributed by atoms with Crippen LogP contribution in [0.15, 0.2) is 29.2 Å². The lowest BCUT2D eigenvalue weighted by molar-refractivity contribution is -0.136. The molecule has 1 rings (SSSR count). The lowest BCUT2D eigenvalue weighted by Gasteiger charge is -2.18. The minimum absolute atomic E-state index is 0.617. The first-order valence-corrected chi connectivity index (χ1v) is 6.11. The number of rotatable bonds is 4. The molecule has 0 aromatic heterocycles. The first kappa shape index (κ1) is 13.2. The van der Waals surface area contributed by atoms with Gasteiger partial charge in [-0.25, -0.2) is 0 Å². The minimum Gasteiger partial charge on any atom is -0.381 e. The second kappa shape index (κ2) is 5.48. The highest BCUT2D eigenvalue weighted by Crippen LogP contribution is 2.28. The van der Waals surface area contributed by atoms with Crippen LogP contribution in [0.3, 0.4) is 0 Å². The standard InChI is InChI=1S/C11H14F3NS/c1-8(7-11(12,13)14)15-9-5-3-4-6-10(9)16-2/h3-6,8,15H,7H2,1-2H3. The fraction of sp³-hybridized carbons (Fsp3) is 0.455. The highest BCUT2D eigenvalue weighted by atomic mass is 32.2. The van der Waals surface area contributed by atoms with E-state index in [1.807, 2.05) is 24.5 Å². The summed E-state index contributed by atoms with van der Waals surface area (Å²) < 4.78 is 36.4. The maximum Gasteiger partial charge on any atom is 0.391 e. The lowest BCUT2D eigenvalue weighted by atomic mass is 10.2. The second-order valence-corrected chi connectivity index (χ2v) is 4.41. The van der Waals surface area contributed by atoms with Gasteiger partial charge in [0.15, 0.2) is 0 Å². The number of para-hydroxylation sites is 1. The van der Waals surface area contributed by atoms with E-state index in [0.29, 0.717) is 0 Å². The molecule has 0 aliphatic carbocycles. The molecule has 90 valence electrons. The third-order valence-electron chi connectivity index (χ3n) is 2.05. The smallest absolute Gasteiger partial charge is 0.381 e. The van der Waals surface area contributed by atoms with Gasteiger partial charge in [-0.15, -0.1) is 11.8 Å². The fourth-order valence-corrected chi connectivity index (χ4v) is 1.99. The Hall–Kier alpha value is -0.840. The van der Waals surface area contributed by atoms with Crippen LogP contribution in [0.5, 0.6) is 0 Å². The van der Waals surface area contributed by atoms with Crippen LogP contribution in [-0.4, -0.2) is 18.5 Å². The molecule has 1 atom stereocenters. The van der Waals surface area contributed by atoms with E-state index in [1.165, 1.54) is 18.7 Å². The Kier molecular flexibility index (Phi) is 4.53. The summed E-state index contributed by atoms with van der Waals surface area (Å²) in [5.41, 5.74) is 0.756. The quantitative estimate of drug-likeness (QED) is 0.804. The van der Waals surface area contributed by atoms with Crippen LogP contribution in [0.4, 0.5) is 18.9 Å². The average Bonchev–Trinajstić information content (AvgIpc) is 2.15. The number of benzene rings is 1. The van der Waals surface area contributed by atoms with Gasteiger partial charge in [-0.1, -0.05) is 12.1 Å². The zero-order valence-corrected chi connectivity index (χ0v) is 9.95. The van der Waals surface area contributed by atoms with Gasteiger partial charge in [0.25, 0.3) is 0 Å². The van der Waals surface area contributed by atoms with E-state index in [4.69, 9.17) is 0 Å². The molecule has 0 saturated heterocycles. The van der Waals surface area contributed by atoms with Crippen molar-refractivity contribution in [1.82, 2.24) is 0 Å². The molecule has 1 N–H and O–H groups in total. The predicted octanol–water partition coefficient (Wildman–Crippen LogP) is 4.16. The summed E-state index contributed by atoms with van der Waals surface area (Å²) in [5, 5.41) is 2.88. The van der Waals surface area contributed by atoms with Crippen LogP contribution in [0, 0.1) is 0 Å². The van der Waals surface area contributed by atoms with E-state index < -0.39 is 18.6 Å². The van der Waals surface area contributed by atoms with E-state index in [2.05, 4.69) is 5.32 Å². The minimum atomic E-state index is -4.12. The third kappa shape index (κ3) is 4.35. The molecular formula is C11H14F3NS. The van der Waals surface area contributed by atoms with Crippen molar-refractivity contribution < 1.29 is 13.2 Å². The molecule has 0 aliphatic heterocycles. The lowest BCUT2D eigenvalue weighted by Crippen LogP contribution is -2.24. The summed E-state index contributed by atoms with van der Waals surface area (Å²) in [6.45, 7) is 1.53. The van der Waals surface area contributed by atoms with E-state index in [9.17, 15) is 13.2 Å². The maximum atomic E-state index is 12.1. The topological polar surface area (TPSA) is 12.0 Å². The highest BCUT2D eigenvalue weighted by molar-refractivity contribution is 7.98. The Bertz CT molecular complexity index is 338. The second-order valence-electron chi connectivity index (χ2n) is 3.56. The van der Waals surface area contributed by atoms with Gasteiger partial charge in [-0.2, -0.15) is 13.2 Å². The molecule has 1 aromatic carbocycles. The van der Waals surface area contributed by atoms with Crippen molar-refractivity contribution >= 4 is 17.4 Å². The molecule has 1 nitrogen and oxygen atoms in total. The normalized spacial score (nSPS) is 13.6. The molecule has 0 saturated carbocycles.